The van der Waals surface area contributed by atoms with Gasteiger partial charge in [-0.05, 0) is 31.6 Å². The fraction of sp³-hybridized carbons (Fsp3) is 0.714. The van der Waals surface area contributed by atoms with Gasteiger partial charge in [0.1, 0.15) is 0 Å². The molecule has 1 unspecified atom stereocenters. The lowest BCUT2D eigenvalue weighted by atomic mass is 9.93. The maximum atomic E-state index is 12.2. The predicted octanol–water partition coefficient (Wildman–Crippen LogP) is 1.66. The molecule has 0 bridgehead atoms. The Morgan fingerprint density at radius 1 is 1.40 bits per heavy atom. The molecule has 0 saturated carbocycles. The third-order valence-corrected chi connectivity index (χ3v) is 3.96. The number of aromatic amines is 1. The van der Waals surface area contributed by atoms with E-state index in [4.69, 9.17) is 10.5 Å². The number of anilines is 1. The number of carbonyl (C=O) groups excluding carboxylic acids is 1. The first-order valence-corrected chi connectivity index (χ1v) is 7.23. The van der Waals surface area contributed by atoms with Crippen molar-refractivity contribution in [2.24, 2.45) is 5.92 Å². The van der Waals surface area contributed by atoms with Crippen molar-refractivity contribution in [3.8, 4) is 0 Å². The Kier molecular flexibility index (Phi) is 4.65. The number of amides is 1. The summed E-state index contributed by atoms with van der Waals surface area (Å²) >= 11 is 0. The van der Waals surface area contributed by atoms with E-state index in [2.05, 4.69) is 15.5 Å². The highest BCUT2D eigenvalue weighted by molar-refractivity contribution is 5.97. The van der Waals surface area contributed by atoms with Crippen molar-refractivity contribution in [3.63, 3.8) is 0 Å². The average Bonchev–Trinajstić information content (AvgIpc) is 2.81. The maximum Gasteiger partial charge on any atom is 0.274 e. The summed E-state index contributed by atoms with van der Waals surface area (Å²) in [6.45, 7) is 7.59. The summed E-state index contributed by atoms with van der Waals surface area (Å²) in [4.78, 5) is 12.2. The molecule has 1 aliphatic heterocycles. The number of ether oxygens (including phenoxy) is 1. The third-order valence-electron chi connectivity index (χ3n) is 3.96. The number of hydrogen-bond donors (Lipinski definition) is 3. The van der Waals surface area contributed by atoms with Crippen LogP contribution < -0.4 is 11.1 Å². The Balaban J connectivity index is 2.00. The van der Waals surface area contributed by atoms with Gasteiger partial charge in [-0.15, -0.1) is 0 Å². The Labute approximate surface area is 119 Å². The number of H-pyrrole nitrogens is 1. The van der Waals surface area contributed by atoms with Crippen LogP contribution in [-0.2, 0) is 4.74 Å². The molecule has 6 heteroatoms. The molecule has 1 saturated heterocycles. The topological polar surface area (TPSA) is 93.0 Å². The molecule has 1 aliphatic rings. The second-order valence-corrected chi connectivity index (χ2v) is 5.77. The van der Waals surface area contributed by atoms with Crippen LogP contribution in [0.4, 0.5) is 5.69 Å². The highest BCUT2D eigenvalue weighted by Crippen LogP contribution is 2.23. The van der Waals surface area contributed by atoms with Crippen LogP contribution in [0.5, 0.6) is 0 Å². The van der Waals surface area contributed by atoms with E-state index in [9.17, 15) is 4.79 Å². The van der Waals surface area contributed by atoms with Crippen molar-refractivity contribution in [3.05, 3.63) is 11.4 Å². The van der Waals surface area contributed by atoms with E-state index in [0.29, 0.717) is 17.3 Å². The molecule has 1 amide bonds. The van der Waals surface area contributed by atoms with Crippen molar-refractivity contribution in [2.45, 2.75) is 45.6 Å². The largest absolute Gasteiger partial charge is 0.395 e. The zero-order valence-electron chi connectivity index (χ0n) is 12.4. The van der Waals surface area contributed by atoms with Gasteiger partial charge >= 0.3 is 0 Å². The maximum absolute atomic E-state index is 12.2. The van der Waals surface area contributed by atoms with Crippen LogP contribution in [0.2, 0.25) is 0 Å². The number of nitrogens with two attached hydrogens (primary N) is 1. The van der Waals surface area contributed by atoms with Gasteiger partial charge in [-0.25, -0.2) is 0 Å². The average molecular weight is 280 g/mol. The Bertz CT molecular complexity index is 464. The first-order chi connectivity index (χ1) is 9.50. The molecule has 1 aromatic heterocycles. The molecule has 4 N–H and O–H groups in total. The molecule has 1 fully saturated rings. The van der Waals surface area contributed by atoms with E-state index in [1.807, 2.05) is 20.8 Å². The second-order valence-electron chi connectivity index (χ2n) is 5.77. The minimum absolute atomic E-state index is 0.102. The van der Waals surface area contributed by atoms with Crippen LogP contribution >= 0.6 is 0 Å². The molecule has 1 atom stereocenters. The third kappa shape index (κ3) is 3.12. The number of rotatable bonds is 4. The van der Waals surface area contributed by atoms with Gasteiger partial charge in [0.15, 0.2) is 5.69 Å². The molecule has 2 heterocycles. The number of carbonyl (C=O) groups is 1. The van der Waals surface area contributed by atoms with Crippen LogP contribution in [0, 0.1) is 5.92 Å². The summed E-state index contributed by atoms with van der Waals surface area (Å²) in [5.41, 5.74) is 7.55. The highest BCUT2D eigenvalue weighted by Gasteiger charge is 2.25. The van der Waals surface area contributed by atoms with Crippen molar-refractivity contribution in [1.29, 1.82) is 0 Å². The summed E-state index contributed by atoms with van der Waals surface area (Å²) in [5, 5.41) is 9.90. The number of aromatic nitrogens is 2. The van der Waals surface area contributed by atoms with Gasteiger partial charge in [-0.3, -0.25) is 9.89 Å². The predicted molar refractivity (Wildman–Crippen MR) is 77.6 cm³/mol. The van der Waals surface area contributed by atoms with Gasteiger partial charge < -0.3 is 15.8 Å². The van der Waals surface area contributed by atoms with Gasteiger partial charge in [0.2, 0.25) is 0 Å². The van der Waals surface area contributed by atoms with Crippen LogP contribution in [0.1, 0.15) is 55.7 Å². The van der Waals surface area contributed by atoms with Crippen LogP contribution in [-0.4, -0.2) is 35.4 Å². The Hall–Kier alpha value is -1.56. The highest BCUT2D eigenvalue weighted by atomic mass is 16.5. The minimum atomic E-state index is -0.204. The Morgan fingerprint density at radius 2 is 2.05 bits per heavy atom. The van der Waals surface area contributed by atoms with Gasteiger partial charge in [0.25, 0.3) is 5.91 Å². The molecular weight excluding hydrogens is 256 g/mol. The number of nitrogens with zero attached hydrogens (tertiary/aromatic N) is 1. The molecule has 6 nitrogen and oxygen atoms in total. The van der Waals surface area contributed by atoms with Crippen molar-refractivity contribution in [1.82, 2.24) is 15.5 Å². The summed E-state index contributed by atoms with van der Waals surface area (Å²) in [5.74, 6) is 0.471. The van der Waals surface area contributed by atoms with Gasteiger partial charge in [-0.1, -0.05) is 13.8 Å². The molecule has 0 spiro atoms. The number of nitrogen functional groups attached to an aromatic ring is 1. The Morgan fingerprint density at radius 3 is 2.60 bits per heavy atom. The molecule has 0 aromatic carbocycles. The summed E-state index contributed by atoms with van der Waals surface area (Å²) < 4.78 is 5.34. The van der Waals surface area contributed by atoms with Crippen molar-refractivity contribution in [2.75, 3.05) is 18.9 Å². The fourth-order valence-electron chi connectivity index (χ4n) is 2.59. The first kappa shape index (κ1) is 14.8. The quantitative estimate of drug-likeness (QED) is 0.782. The van der Waals surface area contributed by atoms with Crippen molar-refractivity contribution < 1.29 is 9.53 Å². The number of nitrogens with one attached hydrogen (secondary N) is 2. The lowest BCUT2D eigenvalue weighted by molar-refractivity contribution is 0.0537. The van der Waals surface area contributed by atoms with Crippen molar-refractivity contribution >= 4 is 11.6 Å². The molecule has 0 radical (unpaired) electrons. The molecule has 0 aliphatic carbocycles. The lowest BCUT2D eigenvalue weighted by Crippen LogP contribution is -2.40. The summed E-state index contributed by atoms with van der Waals surface area (Å²) in [6.07, 6.45) is 1.96. The van der Waals surface area contributed by atoms with Crippen LogP contribution in [0.25, 0.3) is 0 Å². The second kappa shape index (κ2) is 6.26. The normalized spacial score (nSPS) is 18.2. The first-order valence-electron chi connectivity index (χ1n) is 7.23. The standard InChI is InChI=1S/C14H24N4O2/c1-8(2)12-11(15)13(18-17-12)14(19)16-9(3)10-4-6-20-7-5-10/h8-10H,4-7,15H2,1-3H3,(H,16,19)(H,17,18). The lowest BCUT2D eigenvalue weighted by Gasteiger charge is -2.28. The monoisotopic (exact) mass is 280 g/mol. The van der Waals surface area contributed by atoms with E-state index in [0.717, 1.165) is 31.7 Å². The van der Waals surface area contributed by atoms with Gasteiger partial charge in [0.05, 0.1) is 11.4 Å². The number of hydrogen-bond acceptors (Lipinski definition) is 4. The van der Waals surface area contributed by atoms with Gasteiger partial charge in [0, 0.05) is 19.3 Å². The summed E-state index contributed by atoms with van der Waals surface area (Å²) in [6, 6.07) is 0.102. The molecule has 112 valence electrons. The summed E-state index contributed by atoms with van der Waals surface area (Å²) in [7, 11) is 0. The smallest absolute Gasteiger partial charge is 0.274 e. The van der Waals surface area contributed by atoms with E-state index >= 15 is 0 Å². The molecule has 20 heavy (non-hydrogen) atoms. The van der Waals surface area contributed by atoms with E-state index < -0.39 is 0 Å². The van der Waals surface area contributed by atoms with Crippen LogP contribution in [0.3, 0.4) is 0 Å². The van der Waals surface area contributed by atoms with Crippen LogP contribution in [0.15, 0.2) is 0 Å². The zero-order chi connectivity index (χ0) is 14.7. The fourth-order valence-corrected chi connectivity index (χ4v) is 2.59. The zero-order valence-corrected chi connectivity index (χ0v) is 12.4. The van der Waals surface area contributed by atoms with Gasteiger partial charge in [-0.2, -0.15) is 5.10 Å². The van der Waals surface area contributed by atoms with E-state index in [-0.39, 0.29) is 17.9 Å². The SMILES string of the molecule is CC(C)c1[nH]nc(C(=O)NC(C)C2CCOCC2)c1N. The van der Waals surface area contributed by atoms with E-state index in [1.54, 1.807) is 0 Å². The minimum Gasteiger partial charge on any atom is -0.395 e. The molecule has 1 aromatic rings. The van der Waals surface area contributed by atoms with E-state index in [1.165, 1.54) is 0 Å². The molecular formula is C14H24N4O2. The molecule has 2 rings (SSSR count).